The molecular formula is C16H28O4. The van der Waals surface area contributed by atoms with Gasteiger partial charge in [-0.15, -0.1) is 0 Å². The van der Waals surface area contributed by atoms with E-state index in [1.54, 1.807) is 0 Å². The van der Waals surface area contributed by atoms with Crippen molar-refractivity contribution < 1.29 is 19.4 Å². The number of carboxylic acid groups (broad SMARTS) is 1. The maximum Gasteiger partial charge on any atom is 0.310 e. The number of carboxylic acids is 1. The second kappa shape index (κ2) is 6.59. The van der Waals surface area contributed by atoms with Gasteiger partial charge in [0.2, 0.25) is 0 Å². The van der Waals surface area contributed by atoms with Gasteiger partial charge in [-0.25, -0.2) is 0 Å². The quantitative estimate of drug-likeness (QED) is 0.754. The van der Waals surface area contributed by atoms with Gasteiger partial charge in [-0.2, -0.15) is 0 Å². The van der Waals surface area contributed by atoms with Crippen molar-refractivity contribution in [2.24, 2.45) is 11.3 Å². The van der Waals surface area contributed by atoms with Crippen molar-refractivity contribution in [3.8, 4) is 0 Å². The fourth-order valence-electron chi connectivity index (χ4n) is 3.12. The van der Waals surface area contributed by atoms with Crippen molar-refractivity contribution in [2.75, 3.05) is 0 Å². The highest BCUT2D eigenvalue weighted by molar-refractivity contribution is 5.84. The lowest BCUT2D eigenvalue weighted by Crippen LogP contribution is -2.43. The van der Waals surface area contributed by atoms with Crippen LogP contribution in [0.3, 0.4) is 0 Å². The van der Waals surface area contributed by atoms with Gasteiger partial charge in [0.25, 0.3) is 0 Å². The predicted molar refractivity (Wildman–Crippen MR) is 77.4 cm³/mol. The molecule has 1 fully saturated rings. The summed E-state index contributed by atoms with van der Waals surface area (Å²) in [6, 6.07) is 0. The third-order valence-electron chi connectivity index (χ3n) is 4.13. The lowest BCUT2D eigenvalue weighted by Gasteiger charge is -2.34. The van der Waals surface area contributed by atoms with E-state index in [9.17, 15) is 14.7 Å². The van der Waals surface area contributed by atoms with Gasteiger partial charge < -0.3 is 9.84 Å². The van der Waals surface area contributed by atoms with Crippen molar-refractivity contribution >= 4 is 11.9 Å². The number of rotatable bonds is 6. The molecule has 0 heterocycles. The van der Waals surface area contributed by atoms with Crippen LogP contribution in [0.25, 0.3) is 0 Å². The molecule has 1 saturated carbocycles. The molecule has 0 aromatic rings. The molecule has 4 heteroatoms. The summed E-state index contributed by atoms with van der Waals surface area (Å²) in [6.45, 7) is 7.52. The molecule has 0 saturated heterocycles. The van der Waals surface area contributed by atoms with Crippen LogP contribution in [-0.2, 0) is 14.3 Å². The van der Waals surface area contributed by atoms with Crippen molar-refractivity contribution in [3.05, 3.63) is 0 Å². The summed E-state index contributed by atoms with van der Waals surface area (Å²) >= 11 is 0. The SMILES string of the molecule is CCCC[C@@H](C(=O)OC(C)(C)C)C1(C(=O)O)CCCC1. The number of carbonyl (C=O) groups excluding carboxylic acids is 1. The number of aliphatic carboxylic acids is 1. The zero-order valence-corrected chi connectivity index (χ0v) is 13.2. The van der Waals surface area contributed by atoms with Crippen LogP contribution >= 0.6 is 0 Å². The Hall–Kier alpha value is -1.06. The Bertz CT molecular complexity index is 348. The Labute approximate surface area is 121 Å². The molecule has 0 aromatic heterocycles. The van der Waals surface area contributed by atoms with Crippen LogP contribution in [0.4, 0.5) is 0 Å². The molecule has 0 bridgehead atoms. The second-order valence-corrected chi connectivity index (χ2v) is 6.90. The summed E-state index contributed by atoms with van der Waals surface area (Å²) in [6.07, 6.45) is 5.38. The van der Waals surface area contributed by atoms with E-state index < -0.39 is 22.9 Å². The largest absolute Gasteiger partial charge is 0.481 e. The van der Waals surface area contributed by atoms with E-state index >= 15 is 0 Å². The third kappa shape index (κ3) is 3.97. The van der Waals surface area contributed by atoms with Gasteiger partial charge >= 0.3 is 11.9 Å². The first kappa shape index (κ1) is 17.0. The van der Waals surface area contributed by atoms with Crippen molar-refractivity contribution in [3.63, 3.8) is 0 Å². The summed E-state index contributed by atoms with van der Waals surface area (Å²) in [7, 11) is 0. The first-order valence-corrected chi connectivity index (χ1v) is 7.69. The van der Waals surface area contributed by atoms with Crippen LogP contribution in [0.15, 0.2) is 0 Å². The van der Waals surface area contributed by atoms with Crippen LogP contribution in [0.5, 0.6) is 0 Å². The Morgan fingerprint density at radius 1 is 1.25 bits per heavy atom. The first-order valence-electron chi connectivity index (χ1n) is 7.69. The van der Waals surface area contributed by atoms with Crippen molar-refractivity contribution in [1.82, 2.24) is 0 Å². The lowest BCUT2D eigenvalue weighted by molar-refractivity contribution is -0.173. The number of esters is 1. The van der Waals surface area contributed by atoms with Gasteiger partial charge in [-0.05, 0) is 40.0 Å². The van der Waals surface area contributed by atoms with Crippen molar-refractivity contribution in [2.45, 2.75) is 78.2 Å². The van der Waals surface area contributed by atoms with Crippen molar-refractivity contribution in [1.29, 1.82) is 0 Å². The Balaban J connectivity index is 2.97. The van der Waals surface area contributed by atoms with E-state index in [0.29, 0.717) is 19.3 Å². The standard InChI is InChI=1S/C16H28O4/c1-5-6-9-12(13(17)20-15(2,3)4)16(14(18)19)10-7-8-11-16/h12H,5-11H2,1-4H3,(H,18,19)/t12-/m0/s1. The fraction of sp³-hybridized carbons (Fsp3) is 0.875. The summed E-state index contributed by atoms with van der Waals surface area (Å²) in [5.74, 6) is -1.68. The van der Waals surface area contributed by atoms with Gasteiger partial charge in [-0.3, -0.25) is 9.59 Å². The zero-order chi connectivity index (χ0) is 15.4. The van der Waals surface area contributed by atoms with E-state index in [2.05, 4.69) is 0 Å². The Morgan fingerprint density at radius 2 is 1.80 bits per heavy atom. The monoisotopic (exact) mass is 284 g/mol. The molecule has 0 spiro atoms. The molecule has 0 amide bonds. The molecule has 1 rings (SSSR count). The highest BCUT2D eigenvalue weighted by Crippen LogP contribution is 2.47. The fourth-order valence-corrected chi connectivity index (χ4v) is 3.12. The molecule has 1 atom stereocenters. The minimum Gasteiger partial charge on any atom is -0.481 e. The van der Waals surface area contributed by atoms with Gasteiger partial charge in [0.05, 0.1) is 11.3 Å². The number of ether oxygens (including phenoxy) is 1. The Morgan fingerprint density at radius 3 is 2.20 bits per heavy atom. The summed E-state index contributed by atoms with van der Waals surface area (Å²) < 4.78 is 5.48. The van der Waals surface area contributed by atoms with E-state index in [1.807, 2.05) is 27.7 Å². The first-order chi connectivity index (χ1) is 9.23. The predicted octanol–water partition coefficient (Wildman–Crippen LogP) is 3.78. The molecule has 0 unspecified atom stereocenters. The van der Waals surface area contributed by atoms with Crippen LogP contribution < -0.4 is 0 Å². The molecule has 0 aliphatic heterocycles. The summed E-state index contributed by atoms with van der Waals surface area (Å²) in [5.41, 5.74) is -1.47. The van der Waals surface area contributed by atoms with Gasteiger partial charge in [0.1, 0.15) is 5.60 Å². The number of hydrogen-bond acceptors (Lipinski definition) is 3. The molecule has 0 aromatic carbocycles. The molecule has 4 nitrogen and oxygen atoms in total. The number of unbranched alkanes of at least 4 members (excludes halogenated alkanes) is 1. The maximum atomic E-state index is 12.5. The maximum absolute atomic E-state index is 12.5. The topological polar surface area (TPSA) is 63.6 Å². The molecule has 20 heavy (non-hydrogen) atoms. The van der Waals surface area contributed by atoms with Crippen LogP contribution in [0.2, 0.25) is 0 Å². The highest BCUT2D eigenvalue weighted by atomic mass is 16.6. The number of carbonyl (C=O) groups is 2. The van der Waals surface area contributed by atoms with Gasteiger partial charge in [0.15, 0.2) is 0 Å². The average Bonchev–Trinajstić information content (AvgIpc) is 2.77. The lowest BCUT2D eigenvalue weighted by atomic mass is 9.71. The van der Waals surface area contributed by atoms with Crippen LogP contribution in [-0.4, -0.2) is 22.6 Å². The van der Waals surface area contributed by atoms with E-state index in [0.717, 1.165) is 25.7 Å². The molecule has 1 N–H and O–H groups in total. The summed E-state index contributed by atoms with van der Waals surface area (Å²) in [5, 5.41) is 9.67. The minimum absolute atomic E-state index is 0.338. The molecule has 1 aliphatic carbocycles. The van der Waals surface area contributed by atoms with Gasteiger partial charge in [0, 0.05) is 0 Å². The van der Waals surface area contributed by atoms with Crippen LogP contribution in [0, 0.1) is 11.3 Å². The normalized spacial score (nSPS) is 19.6. The summed E-state index contributed by atoms with van der Waals surface area (Å²) in [4.78, 5) is 24.3. The highest BCUT2D eigenvalue weighted by Gasteiger charge is 2.51. The second-order valence-electron chi connectivity index (χ2n) is 6.90. The van der Waals surface area contributed by atoms with Gasteiger partial charge in [-0.1, -0.05) is 32.6 Å². The zero-order valence-electron chi connectivity index (χ0n) is 13.2. The Kier molecular flexibility index (Phi) is 5.60. The smallest absolute Gasteiger partial charge is 0.310 e. The van der Waals surface area contributed by atoms with Crippen LogP contribution in [0.1, 0.15) is 72.6 Å². The van der Waals surface area contributed by atoms with E-state index in [1.165, 1.54) is 0 Å². The van der Waals surface area contributed by atoms with E-state index in [-0.39, 0.29) is 5.97 Å². The van der Waals surface area contributed by atoms with E-state index in [4.69, 9.17) is 4.74 Å². The minimum atomic E-state index is -0.905. The molecule has 116 valence electrons. The third-order valence-corrected chi connectivity index (χ3v) is 4.13. The average molecular weight is 284 g/mol. The molecular weight excluding hydrogens is 256 g/mol. The molecule has 0 radical (unpaired) electrons. The number of hydrogen-bond donors (Lipinski definition) is 1. The molecule has 1 aliphatic rings.